The summed E-state index contributed by atoms with van der Waals surface area (Å²) in [5, 5.41) is 12.7. The molecule has 2 N–H and O–H groups in total. The van der Waals surface area contributed by atoms with Crippen LogP contribution in [0.5, 0.6) is 5.88 Å². The standard InChI is InChI=1S/C16H24N2O3/c1-12-13(6-7-14(18-12)21-2)11-17-16(10-15(19)20)8-4-3-5-9-16/h6-7,17H,3-5,8-11H2,1-2H3,(H,19,20). The molecule has 0 aliphatic heterocycles. The molecule has 5 heteroatoms. The number of rotatable bonds is 6. The third-order valence-electron chi connectivity index (χ3n) is 4.33. The lowest BCUT2D eigenvalue weighted by molar-refractivity contribution is -0.139. The minimum Gasteiger partial charge on any atom is -0.481 e. The van der Waals surface area contributed by atoms with E-state index in [2.05, 4.69) is 10.3 Å². The molecule has 21 heavy (non-hydrogen) atoms. The van der Waals surface area contributed by atoms with Gasteiger partial charge < -0.3 is 15.2 Å². The van der Waals surface area contributed by atoms with Crippen molar-refractivity contribution in [2.45, 2.75) is 57.5 Å². The van der Waals surface area contributed by atoms with Crippen molar-refractivity contribution in [1.29, 1.82) is 0 Å². The summed E-state index contributed by atoms with van der Waals surface area (Å²) in [4.78, 5) is 15.5. The van der Waals surface area contributed by atoms with Gasteiger partial charge in [-0.15, -0.1) is 0 Å². The normalized spacial score (nSPS) is 17.4. The number of carboxylic acid groups (broad SMARTS) is 1. The highest BCUT2D eigenvalue weighted by atomic mass is 16.5. The predicted molar refractivity (Wildman–Crippen MR) is 80.4 cm³/mol. The Bertz CT molecular complexity index is 496. The fourth-order valence-electron chi connectivity index (χ4n) is 3.08. The van der Waals surface area contributed by atoms with Crippen LogP contribution in [0.15, 0.2) is 12.1 Å². The van der Waals surface area contributed by atoms with Crippen molar-refractivity contribution in [3.05, 3.63) is 23.4 Å². The van der Waals surface area contributed by atoms with E-state index in [0.29, 0.717) is 12.4 Å². The van der Waals surface area contributed by atoms with Crippen LogP contribution < -0.4 is 10.1 Å². The Morgan fingerprint density at radius 1 is 1.38 bits per heavy atom. The number of aromatic nitrogens is 1. The lowest BCUT2D eigenvalue weighted by atomic mass is 9.79. The van der Waals surface area contributed by atoms with Gasteiger partial charge in [0.15, 0.2) is 0 Å². The van der Waals surface area contributed by atoms with Crippen molar-refractivity contribution in [2.75, 3.05) is 7.11 Å². The molecular formula is C16H24N2O3. The van der Waals surface area contributed by atoms with Crippen LogP contribution in [0.4, 0.5) is 0 Å². The number of aliphatic carboxylic acids is 1. The summed E-state index contributed by atoms with van der Waals surface area (Å²) in [6.45, 7) is 2.60. The zero-order valence-electron chi connectivity index (χ0n) is 12.8. The van der Waals surface area contributed by atoms with E-state index < -0.39 is 5.97 Å². The minimum absolute atomic E-state index is 0.190. The molecule has 1 fully saturated rings. The number of ether oxygens (including phenoxy) is 1. The maximum Gasteiger partial charge on any atom is 0.305 e. The first-order valence-electron chi connectivity index (χ1n) is 7.52. The number of hydrogen-bond donors (Lipinski definition) is 2. The average Bonchev–Trinajstić information content (AvgIpc) is 2.46. The first kappa shape index (κ1) is 15.8. The van der Waals surface area contributed by atoms with Crippen molar-refractivity contribution >= 4 is 5.97 Å². The van der Waals surface area contributed by atoms with Crippen LogP contribution in [-0.4, -0.2) is 28.7 Å². The summed E-state index contributed by atoms with van der Waals surface area (Å²) in [5.74, 6) is -0.122. The van der Waals surface area contributed by atoms with Crippen LogP contribution >= 0.6 is 0 Å². The quantitative estimate of drug-likeness (QED) is 0.843. The number of pyridine rings is 1. The van der Waals surface area contributed by atoms with Crippen molar-refractivity contribution in [3.8, 4) is 5.88 Å². The first-order valence-corrected chi connectivity index (χ1v) is 7.52. The van der Waals surface area contributed by atoms with E-state index in [1.807, 2.05) is 19.1 Å². The number of aryl methyl sites for hydroxylation is 1. The highest BCUT2D eigenvalue weighted by molar-refractivity contribution is 5.68. The number of hydrogen-bond acceptors (Lipinski definition) is 4. The van der Waals surface area contributed by atoms with Gasteiger partial charge in [0.1, 0.15) is 0 Å². The zero-order chi connectivity index (χ0) is 15.3. The van der Waals surface area contributed by atoms with Crippen LogP contribution in [0.1, 0.15) is 49.8 Å². The second kappa shape index (κ2) is 6.89. The number of nitrogens with zero attached hydrogens (tertiary/aromatic N) is 1. The highest BCUT2D eigenvalue weighted by Crippen LogP contribution is 2.31. The molecule has 0 spiro atoms. The Morgan fingerprint density at radius 3 is 2.67 bits per heavy atom. The Balaban J connectivity index is 2.06. The molecule has 0 bridgehead atoms. The number of nitrogens with one attached hydrogen (secondary N) is 1. The average molecular weight is 292 g/mol. The second-order valence-electron chi connectivity index (χ2n) is 5.86. The molecule has 1 aliphatic rings. The molecule has 0 aromatic carbocycles. The van der Waals surface area contributed by atoms with Crippen LogP contribution in [0.25, 0.3) is 0 Å². The van der Waals surface area contributed by atoms with Crippen LogP contribution in [0, 0.1) is 6.92 Å². The van der Waals surface area contributed by atoms with E-state index in [-0.39, 0.29) is 12.0 Å². The molecule has 1 aromatic rings. The Morgan fingerprint density at radius 2 is 2.10 bits per heavy atom. The molecule has 0 unspecified atom stereocenters. The molecule has 116 valence electrons. The summed E-state index contributed by atoms with van der Waals surface area (Å²) in [7, 11) is 1.60. The van der Waals surface area contributed by atoms with Gasteiger partial charge in [0.2, 0.25) is 5.88 Å². The largest absolute Gasteiger partial charge is 0.481 e. The van der Waals surface area contributed by atoms with E-state index >= 15 is 0 Å². The molecule has 0 atom stereocenters. The van der Waals surface area contributed by atoms with Gasteiger partial charge in [0, 0.05) is 23.8 Å². The molecule has 0 amide bonds. The van der Waals surface area contributed by atoms with Gasteiger partial charge in [0.25, 0.3) is 0 Å². The van der Waals surface area contributed by atoms with Crippen molar-refractivity contribution in [1.82, 2.24) is 10.3 Å². The van der Waals surface area contributed by atoms with Gasteiger partial charge in [-0.05, 0) is 25.3 Å². The zero-order valence-corrected chi connectivity index (χ0v) is 12.8. The Kier molecular flexibility index (Phi) is 5.17. The van der Waals surface area contributed by atoms with Crippen LogP contribution in [-0.2, 0) is 11.3 Å². The molecule has 1 heterocycles. The summed E-state index contributed by atoms with van der Waals surface area (Å²) in [6.07, 6.45) is 5.45. The van der Waals surface area contributed by atoms with Gasteiger partial charge in [-0.3, -0.25) is 4.79 Å². The smallest absolute Gasteiger partial charge is 0.305 e. The third-order valence-corrected chi connectivity index (χ3v) is 4.33. The summed E-state index contributed by atoms with van der Waals surface area (Å²) < 4.78 is 5.11. The molecule has 1 aromatic heterocycles. The summed E-state index contributed by atoms with van der Waals surface area (Å²) >= 11 is 0. The van der Waals surface area contributed by atoms with E-state index in [1.54, 1.807) is 7.11 Å². The third kappa shape index (κ3) is 4.17. The van der Waals surface area contributed by atoms with Gasteiger partial charge in [-0.25, -0.2) is 4.98 Å². The van der Waals surface area contributed by atoms with Crippen molar-refractivity contribution in [3.63, 3.8) is 0 Å². The van der Waals surface area contributed by atoms with Crippen molar-refractivity contribution in [2.24, 2.45) is 0 Å². The van der Waals surface area contributed by atoms with E-state index in [0.717, 1.165) is 36.9 Å². The topological polar surface area (TPSA) is 71.5 Å². The number of carboxylic acids is 1. The molecule has 1 aliphatic carbocycles. The summed E-state index contributed by atoms with van der Waals surface area (Å²) in [6, 6.07) is 3.83. The molecular weight excluding hydrogens is 268 g/mol. The van der Waals surface area contributed by atoms with Crippen LogP contribution in [0.2, 0.25) is 0 Å². The second-order valence-corrected chi connectivity index (χ2v) is 5.86. The number of carbonyl (C=O) groups is 1. The Labute approximate surface area is 125 Å². The fourth-order valence-corrected chi connectivity index (χ4v) is 3.08. The maximum atomic E-state index is 11.2. The van der Waals surface area contributed by atoms with Gasteiger partial charge in [-0.1, -0.05) is 25.3 Å². The van der Waals surface area contributed by atoms with Gasteiger partial charge in [0.05, 0.1) is 13.5 Å². The minimum atomic E-state index is -0.728. The van der Waals surface area contributed by atoms with E-state index in [9.17, 15) is 9.90 Å². The lowest BCUT2D eigenvalue weighted by Gasteiger charge is -2.37. The fraction of sp³-hybridized carbons (Fsp3) is 0.625. The first-order chi connectivity index (χ1) is 10.0. The SMILES string of the molecule is COc1ccc(CNC2(CC(=O)O)CCCCC2)c(C)n1. The van der Waals surface area contributed by atoms with Gasteiger partial charge in [-0.2, -0.15) is 0 Å². The monoisotopic (exact) mass is 292 g/mol. The Hall–Kier alpha value is -1.62. The van der Waals surface area contributed by atoms with E-state index in [4.69, 9.17) is 4.74 Å². The molecule has 5 nitrogen and oxygen atoms in total. The van der Waals surface area contributed by atoms with E-state index in [1.165, 1.54) is 6.42 Å². The van der Waals surface area contributed by atoms with Gasteiger partial charge >= 0.3 is 5.97 Å². The van der Waals surface area contributed by atoms with Crippen LogP contribution in [0.3, 0.4) is 0 Å². The predicted octanol–water partition coefficient (Wildman–Crippen LogP) is 2.67. The summed E-state index contributed by atoms with van der Waals surface area (Å²) in [5.41, 5.74) is 1.74. The highest BCUT2D eigenvalue weighted by Gasteiger charge is 2.33. The molecule has 1 saturated carbocycles. The molecule has 0 saturated heterocycles. The molecule has 0 radical (unpaired) electrons. The molecule has 2 rings (SSSR count). The lowest BCUT2D eigenvalue weighted by Crippen LogP contribution is -2.48. The van der Waals surface area contributed by atoms with Crippen molar-refractivity contribution < 1.29 is 14.6 Å². The number of methoxy groups -OCH3 is 1. The maximum absolute atomic E-state index is 11.2.